The van der Waals surface area contributed by atoms with Crippen molar-refractivity contribution < 1.29 is 9.59 Å². The van der Waals surface area contributed by atoms with Crippen LogP contribution in [0, 0.1) is 0 Å². The third-order valence-corrected chi connectivity index (χ3v) is 3.97. The van der Waals surface area contributed by atoms with Crippen molar-refractivity contribution in [1.82, 2.24) is 20.5 Å². The number of aromatic amines is 1. The van der Waals surface area contributed by atoms with Gasteiger partial charge in [0.1, 0.15) is 6.33 Å². The highest BCUT2D eigenvalue weighted by atomic mass is 32.2. The Morgan fingerprint density at radius 3 is 2.86 bits per heavy atom. The number of benzene rings is 1. The lowest BCUT2D eigenvalue weighted by atomic mass is 10.1. The number of hydrogen-bond donors (Lipinski definition) is 3. The molecule has 3 rings (SSSR count). The molecule has 0 atom stereocenters. The van der Waals surface area contributed by atoms with Gasteiger partial charge in [0, 0.05) is 6.04 Å². The molecule has 0 unspecified atom stereocenters. The van der Waals surface area contributed by atoms with Crippen molar-refractivity contribution in [2.75, 3.05) is 11.1 Å². The first-order valence-corrected chi connectivity index (χ1v) is 7.89. The van der Waals surface area contributed by atoms with Crippen LogP contribution in [-0.4, -0.2) is 38.8 Å². The third-order valence-electron chi connectivity index (χ3n) is 3.09. The highest BCUT2D eigenvalue weighted by molar-refractivity contribution is 7.99. The Morgan fingerprint density at radius 1 is 1.32 bits per heavy atom. The fourth-order valence-electron chi connectivity index (χ4n) is 1.86. The van der Waals surface area contributed by atoms with Gasteiger partial charge in [-0.2, -0.15) is 5.10 Å². The molecule has 7 nitrogen and oxygen atoms in total. The molecule has 0 radical (unpaired) electrons. The summed E-state index contributed by atoms with van der Waals surface area (Å²) in [5, 5.41) is 12.6. The van der Waals surface area contributed by atoms with Gasteiger partial charge in [-0.3, -0.25) is 14.7 Å². The molecule has 1 aliphatic carbocycles. The van der Waals surface area contributed by atoms with E-state index >= 15 is 0 Å². The highest BCUT2D eigenvalue weighted by Crippen LogP contribution is 2.22. The first-order valence-electron chi connectivity index (χ1n) is 6.90. The van der Waals surface area contributed by atoms with Gasteiger partial charge >= 0.3 is 0 Å². The zero-order chi connectivity index (χ0) is 15.4. The normalized spacial score (nSPS) is 13.6. The van der Waals surface area contributed by atoms with Crippen LogP contribution in [0.2, 0.25) is 0 Å². The summed E-state index contributed by atoms with van der Waals surface area (Å²) >= 11 is 1.25. The van der Waals surface area contributed by atoms with Crippen LogP contribution in [0.3, 0.4) is 0 Å². The number of nitrogens with one attached hydrogen (secondary N) is 3. The van der Waals surface area contributed by atoms with Crippen LogP contribution >= 0.6 is 11.8 Å². The number of carbonyl (C=O) groups excluding carboxylic acids is 2. The van der Waals surface area contributed by atoms with E-state index in [9.17, 15) is 9.59 Å². The fourth-order valence-corrected chi connectivity index (χ4v) is 2.44. The van der Waals surface area contributed by atoms with E-state index in [1.807, 2.05) is 0 Å². The van der Waals surface area contributed by atoms with E-state index in [2.05, 4.69) is 25.8 Å². The number of hydrogen-bond acceptors (Lipinski definition) is 5. The van der Waals surface area contributed by atoms with Crippen LogP contribution in [0.25, 0.3) is 0 Å². The molecular formula is C14H15N5O2S. The van der Waals surface area contributed by atoms with E-state index < -0.39 is 0 Å². The maximum atomic E-state index is 12.2. The monoisotopic (exact) mass is 317 g/mol. The molecule has 1 aromatic heterocycles. The average molecular weight is 317 g/mol. The van der Waals surface area contributed by atoms with Crippen molar-refractivity contribution in [3.63, 3.8) is 0 Å². The number of anilines is 1. The predicted octanol–water partition coefficient (Wildman–Crippen LogP) is 1.43. The van der Waals surface area contributed by atoms with Crippen molar-refractivity contribution >= 4 is 29.3 Å². The Balaban J connectivity index is 1.61. The second-order valence-electron chi connectivity index (χ2n) is 4.92. The largest absolute Gasteiger partial charge is 0.349 e. The predicted molar refractivity (Wildman–Crippen MR) is 82.7 cm³/mol. The van der Waals surface area contributed by atoms with Crippen molar-refractivity contribution in [2.45, 2.75) is 24.0 Å². The van der Waals surface area contributed by atoms with Crippen molar-refractivity contribution in [1.29, 1.82) is 0 Å². The molecule has 1 heterocycles. The molecule has 1 saturated carbocycles. The topological polar surface area (TPSA) is 99.8 Å². The molecule has 2 amide bonds. The minimum absolute atomic E-state index is 0.152. The van der Waals surface area contributed by atoms with Gasteiger partial charge in [-0.25, -0.2) is 4.98 Å². The number of carbonyl (C=O) groups is 2. The molecule has 0 bridgehead atoms. The lowest BCUT2D eigenvalue weighted by Crippen LogP contribution is -2.27. The van der Waals surface area contributed by atoms with Gasteiger partial charge in [0.2, 0.25) is 5.91 Å². The molecule has 114 valence electrons. The summed E-state index contributed by atoms with van der Waals surface area (Å²) in [6, 6.07) is 7.27. The number of H-pyrrole nitrogens is 1. The second kappa shape index (κ2) is 6.61. The smallest absolute Gasteiger partial charge is 0.253 e. The van der Waals surface area contributed by atoms with Crippen LogP contribution in [0.4, 0.5) is 5.69 Å². The van der Waals surface area contributed by atoms with E-state index in [1.54, 1.807) is 24.3 Å². The number of rotatable bonds is 6. The Hall–Kier alpha value is -2.35. The molecule has 8 heteroatoms. The number of nitrogens with zero attached hydrogens (tertiary/aromatic N) is 2. The standard InChI is InChI=1S/C14H15N5O2S/c20-12(7-22-14-15-8-16-19-14)18-11-4-2-1-3-10(11)13(21)17-9-5-6-9/h1-4,8-9H,5-7H2,(H,17,21)(H,18,20)(H,15,16,19). The van der Waals surface area contributed by atoms with Gasteiger partial charge in [0.25, 0.3) is 5.91 Å². The van der Waals surface area contributed by atoms with Crippen LogP contribution in [0.1, 0.15) is 23.2 Å². The second-order valence-corrected chi connectivity index (χ2v) is 5.88. The average Bonchev–Trinajstić information content (AvgIpc) is 3.17. The van der Waals surface area contributed by atoms with E-state index in [0.717, 1.165) is 12.8 Å². The van der Waals surface area contributed by atoms with E-state index in [4.69, 9.17) is 0 Å². The molecular weight excluding hydrogens is 302 g/mol. The Morgan fingerprint density at radius 2 is 2.14 bits per heavy atom. The molecule has 2 aromatic rings. The van der Waals surface area contributed by atoms with Crippen LogP contribution in [0.15, 0.2) is 35.7 Å². The Labute approximate surface area is 131 Å². The summed E-state index contributed by atoms with van der Waals surface area (Å²) in [7, 11) is 0. The third kappa shape index (κ3) is 3.85. The van der Waals surface area contributed by atoms with Gasteiger partial charge in [0.15, 0.2) is 5.16 Å². The first kappa shape index (κ1) is 14.6. The Bertz CT molecular complexity index is 670. The molecule has 0 saturated heterocycles. The van der Waals surface area contributed by atoms with E-state index in [1.165, 1.54) is 18.1 Å². The number of aromatic nitrogens is 3. The summed E-state index contributed by atoms with van der Waals surface area (Å²) in [4.78, 5) is 28.1. The van der Waals surface area contributed by atoms with Gasteiger partial charge in [0.05, 0.1) is 17.0 Å². The van der Waals surface area contributed by atoms with Crippen LogP contribution < -0.4 is 10.6 Å². The van der Waals surface area contributed by atoms with E-state index in [0.29, 0.717) is 16.4 Å². The van der Waals surface area contributed by atoms with Crippen molar-refractivity contribution in [3.05, 3.63) is 36.2 Å². The molecule has 1 fully saturated rings. The van der Waals surface area contributed by atoms with Gasteiger partial charge < -0.3 is 10.6 Å². The zero-order valence-corrected chi connectivity index (χ0v) is 12.5. The molecule has 0 spiro atoms. The number of para-hydroxylation sites is 1. The molecule has 1 aliphatic rings. The Kier molecular flexibility index (Phi) is 4.38. The molecule has 3 N–H and O–H groups in total. The maximum Gasteiger partial charge on any atom is 0.253 e. The van der Waals surface area contributed by atoms with Gasteiger partial charge in [-0.05, 0) is 25.0 Å². The number of amides is 2. The van der Waals surface area contributed by atoms with Crippen LogP contribution in [-0.2, 0) is 4.79 Å². The minimum atomic E-state index is -0.201. The highest BCUT2D eigenvalue weighted by Gasteiger charge is 2.24. The fraction of sp³-hybridized carbons (Fsp3) is 0.286. The lowest BCUT2D eigenvalue weighted by molar-refractivity contribution is -0.113. The first-order chi connectivity index (χ1) is 10.7. The summed E-state index contributed by atoms with van der Waals surface area (Å²) in [6.07, 6.45) is 3.43. The van der Waals surface area contributed by atoms with E-state index in [-0.39, 0.29) is 23.6 Å². The van der Waals surface area contributed by atoms with Crippen molar-refractivity contribution in [2.24, 2.45) is 0 Å². The summed E-state index contributed by atoms with van der Waals surface area (Å²) in [5.41, 5.74) is 0.997. The van der Waals surface area contributed by atoms with Crippen molar-refractivity contribution in [3.8, 4) is 0 Å². The quantitative estimate of drug-likeness (QED) is 0.700. The maximum absolute atomic E-state index is 12.2. The SMILES string of the molecule is O=C(CSc1ncn[nH]1)Nc1ccccc1C(=O)NC1CC1. The molecule has 0 aliphatic heterocycles. The van der Waals surface area contributed by atoms with Gasteiger partial charge in [-0.15, -0.1) is 0 Å². The number of thioether (sulfide) groups is 1. The lowest BCUT2D eigenvalue weighted by Gasteiger charge is -2.10. The zero-order valence-electron chi connectivity index (χ0n) is 11.7. The minimum Gasteiger partial charge on any atom is -0.349 e. The van der Waals surface area contributed by atoms with Gasteiger partial charge in [-0.1, -0.05) is 23.9 Å². The molecule has 1 aromatic carbocycles. The van der Waals surface area contributed by atoms with Crippen LogP contribution in [0.5, 0.6) is 0 Å². The summed E-state index contributed by atoms with van der Waals surface area (Å²) in [6.45, 7) is 0. The summed E-state index contributed by atoms with van der Waals surface area (Å²) in [5.74, 6) is -0.164. The summed E-state index contributed by atoms with van der Waals surface area (Å²) < 4.78 is 0. The molecule has 22 heavy (non-hydrogen) atoms.